The molecule has 3 heteroatoms. The van der Waals surface area contributed by atoms with E-state index in [9.17, 15) is 0 Å². The van der Waals surface area contributed by atoms with Crippen LogP contribution in [0.3, 0.4) is 0 Å². The molecule has 1 unspecified atom stereocenters. The van der Waals surface area contributed by atoms with E-state index in [1.165, 1.54) is 10.9 Å². The fraction of sp³-hybridized carbons (Fsp3) is 0.400. The number of hydrogen-bond donors (Lipinski definition) is 1. The molecule has 1 N–H and O–H groups in total. The number of nitrogens with one attached hydrogen (secondary N) is 1. The van der Waals surface area contributed by atoms with Crippen molar-refractivity contribution >= 4 is 26.8 Å². The number of nitrogens with zero attached hydrogens (tertiary/aromatic N) is 1. The summed E-state index contributed by atoms with van der Waals surface area (Å²) in [7, 11) is 0. The molecule has 1 atom stereocenters. The smallest absolute Gasteiger partial charge is 0.0702 e. The van der Waals surface area contributed by atoms with Crippen molar-refractivity contribution in [1.82, 2.24) is 10.3 Å². The topological polar surface area (TPSA) is 24.9 Å². The first kappa shape index (κ1) is 13.5. The van der Waals surface area contributed by atoms with Gasteiger partial charge in [0.1, 0.15) is 0 Å². The number of halogens is 1. The fourth-order valence-corrected chi connectivity index (χ4v) is 2.91. The maximum Gasteiger partial charge on any atom is 0.0702 e. The lowest BCUT2D eigenvalue weighted by Gasteiger charge is -2.19. The van der Waals surface area contributed by atoms with Crippen LogP contribution < -0.4 is 5.32 Å². The molecule has 0 aliphatic carbocycles. The van der Waals surface area contributed by atoms with Gasteiger partial charge in [-0.25, -0.2) is 0 Å². The molecule has 2 rings (SSSR count). The van der Waals surface area contributed by atoms with Crippen LogP contribution in [0, 0.1) is 5.92 Å². The van der Waals surface area contributed by atoms with Crippen molar-refractivity contribution in [2.75, 3.05) is 5.33 Å². The van der Waals surface area contributed by atoms with Gasteiger partial charge in [-0.15, -0.1) is 0 Å². The molecule has 1 aromatic heterocycles. The minimum Gasteiger partial charge on any atom is -0.309 e. The van der Waals surface area contributed by atoms with Crippen molar-refractivity contribution in [3.05, 3.63) is 42.1 Å². The zero-order chi connectivity index (χ0) is 13.0. The second-order valence-electron chi connectivity index (χ2n) is 4.92. The van der Waals surface area contributed by atoms with E-state index in [0.29, 0.717) is 12.0 Å². The summed E-state index contributed by atoms with van der Waals surface area (Å²) in [6.45, 7) is 5.33. The highest BCUT2D eigenvalue weighted by Gasteiger charge is 2.10. The van der Waals surface area contributed by atoms with E-state index in [1.807, 2.05) is 18.3 Å². The fourth-order valence-electron chi connectivity index (χ4n) is 1.93. The molecule has 0 spiro atoms. The molecule has 0 amide bonds. The molecule has 0 saturated heterocycles. The molecule has 96 valence electrons. The molecule has 1 aromatic carbocycles. The van der Waals surface area contributed by atoms with Crippen molar-refractivity contribution < 1.29 is 0 Å². The summed E-state index contributed by atoms with van der Waals surface area (Å²) in [6.07, 6.45) is 1.96. The Morgan fingerprint density at radius 2 is 2.06 bits per heavy atom. The zero-order valence-corrected chi connectivity index (χ0v) is 12.4. The van der Waals surface area contributed by atoms with Gasteiger partial charge in [0.15, 0.2) is 0 Å². The van der Waals surface area contributed by atoms with Gasteiger partial charge in [-0.2, -0.15) is 0 Å². The molecule has 0 aliphatic heterocycles. The second kappa shape index (κ2) is 6.30. The van der Waals surface area contributed by atoms with Crippen molar-refractivity contribution in [2.45, 2.75) is 26.4 Å². The van der Waals surface area contributed by atoms with Crippen LogP contribution in [0.1, 0.15) is 19.4 Å². The van der Waals surface area contributed by atoms with Crippen LogP contribution >= 0.6 is 15.9 Å². The zero-order valence-electron chi connectivity index (χ0n) is 10.9. The first-order chi connectivity index (χ1) is 8.70. The molecule has 0 radical (unpaired) electrons. The third kappa shape index (κ3) is 3.30. The summed E-state index contributed by atoms with van der Waals surface area (Å²) in [6, 6.07) is 10.9. The van der Waals surface area contributed by atoms with Crippen LogP contribution in [-0.4, -0.2) is 16.4 Å². The van der Waals surface area contributed by atoms with Gasteiger partial charge in [0.05, 0.1) is 5.52 Å². The van der Waals surface area contributed by atoms with Gasteiger partial charge in [0.2, 0.25) is 0 Å². The molecule has 0 saturated carbocycles. The minimum atomic E-state index is 0.497. The van der Waals surface area contributed by atoms with Crippen molar-refractivity contribution in [3.63, 3.8) is 0 Å². The Morgan fingerprint density at radius 1 is 1.28 bits per heavy atom. The summed E-state index contributed by atoms with van der Waals surface area (Å²) < 4.78 is 0. The highest BCUT2D eigenvalue weighted by atomic mass is 79.9. The Hall–Kier alpha value is -0.930. The third-order valence-corrected chi connectivity index (χ3v) is 3.88. The van der Waals surface area contributed by atoms with E-state index >= 15 is 0 Å². The van der Waals surface area contributed by atoms with Crippen LogP contribution in [0.25, 0.3) is 10.9 Å². The van der Waals surface area contributed by atoms with Gasteiger partial charge < -0.3 is 5.32 Å². The van der Waals surface area contributed by atoms with Crippen LogP contribution in [0.5, 0.6) is 0 Å². The van der Waals surface area contributed by atoms with Crippen LogP contribution in [0.4, 0.5) is 0 Å². The Morgan fingerprint density at radius 3 is 2.78 bits per heavy atom. The maximum absolute atomic E-state index is 4.48. The van der Waals surface area contributed by atoms with E-state index < -0.39 is 0 Å². The minimum absolute atomic E-state index is 0.497. The standard InChI is InChI=1S/C15H19BrN2/c1-11(2)15(8-16)18-10-12-7-13-5-3-4-6-14(13)17-9-12/h3-7,9,11,15,18H,8,10H2,1-2H3. The normalized spacial score (nSPS) is 13.1. The van der Waals surface area contributed by atoms with E-state index in [4.69, 9.17) is 0 Å². The molecule has 1 heterocycles. The van der Waals surface area contributed by atoms with Gasteiger partial charge in [0.25, 0.3) is 0 Å². The van der Waals surface area contributed by atoms with Crippen LogP contribution in [-0.2, 0) is 6.54 Å². The van der Waals surface area contributed by atoms with Crippen molar-refractivity contribution in [1.29, 1.82) is 0 Å². The highest BCUT2D eigenvalue weighted by molar-refractivity contribution is 9.09. The van der Waals surface area contributed by atoms with E-state index in [0.717, 1.165) is 17.4 Å². The molecular formula is C15H19BrN2. The average Bonchev–Trinajstić information content (AvgIpc) is 2.39. The second-order valence-corrected chi connectivity index (χ2v) is 5.57. The first-order valence-electron chi connectivity index (χ1n) is 6.33. The molecule has 2 aromatic rings. The summed E-state index contributed by atoms with van der Waals surface area (Å²) >= 11 is 3.55. The molecule has 2 nitrogen and oxygen atoms in total. The number of benzene rings is 1. The number of hydrogen-bond acceptors (Lipinski definition) is 2. The molecule has 0 bridgehead atoms. The summed E-state index contributed by atoms with van der Waals surface area (Å²) in [5, 5.41) is 5.75. The van der Waals surface area contributed by atoms with E-state index in [2.05, 4.69) is 58.3 Å². The number of para-hydroxylation sites is 1. The number of rotatable bonds is 5. The largest absolute Gasteiger partial charge is 0.309 e. The lowest BCUT2D eigenvalue weighted by Crippen LogP contribution is -2.34. The maximum atomic E-state index is 4.48. The van der Waals surface area contributed by atoms with E-state index in [-0.39, 0.29) is 0 Å². The third-order valence-electron chi connectivity index (χ3n) is 3.19. The molecular weight excluding hydrogens is 288 g/mol. The number of fused-ring (bicyclic) bond motifs is 1. The van der Waals surface area contributed by atoms with Crippen molar-refractivity contribution in [2.24, 2.45) is 5.92 Å². The van der Waals surface area contributed by atoms with Gasteiger partial charge in [-0.05, 0) is 23.6 Å². The Kier molecular flexibility index (Phi) is 4.72. The molecule has 0 fully saturated rings. The predicted molar refractivity (Wildman–Crippen MR) is 81.0 cm³/mol. The summed E-state index contributed by atoms with van der Waals surface area (Å²) in [4.78, 5) is 4.48. The summed E-state index contributed by atoms with van der Waals surface area (Å²) in [5.41, 5.74) is 2.29. The number of aromatic nitrogens is 1. The average molecular weight is 307 g/mol. The van der Waals surface area contributed by atoms with E-state index in [1.54, 1.807) is 0 Å². The van der Waals surface area contributed by atoms with Crippen molar-refractivity contribution in [3.8, 4) is 0 Å². The highest BCUT2D eigenvalue weighted by Crippen LogP contribution is 2.13. The Labute approximate surface area is 117 Å². The number of alkyl halides is 1. The molecule has 0 aliphatic rings. The molecule has 18 heavy (non-hydrogen) atoms. The van der Waals surface area contributed by atoms with Gasteiger partial charge in [-0.1, -0.05) is 48.0 Å². The number of pyridine rings is 1. The SMILES string of the molecule is CC(C)C(CBr)NCc1cnc2ccccc2c1. The predicted octanol–water partition coefficient (Wildman–Crippen LogP) is 3.74. The van der Waals surface area contributed by atoms with Gasteiger partial charge in [0, 0.05) is 29.5 Å². The van der Waals surface area contributed by atoms with Gasteiger partial charge >= 0.3 is 0 Å². The quantitative estimate of drug-likeness (QED) is 0.851. The monoisotopic (exact) mass is 306 g/mol. The lowest BCUT2D eigenvalue weighted by molar-refractivity contribution is 0.434. The van der Waals surface area contributed by atoms with Gasteiger partial charge in [-0.3, -0.25) is 4.98 Å². The Bertz CT molecular complexity index is 511. The van der Waals surface area contributed by atoms with Crippen LogP contribution in [0.2, 0.25) is 0 Å². The lowest BCUT2D eigenvalue weighted by atomic mass is 10.1. The van der Waals surface area contributed by atoms with Crippen LogP contribution in [0.15, 0.2) is 36.5 Å². The summed E-state index contributed by atoms with van der Waals surface area (Å²) in [5.74, 6) is 0.623. The first-order valence-corrected chi connectivity index (χ1v) is 7.46. The Balaban J connectivity index is 2.07.